The van der Waals surface area contributed by atoms with Crippen molar-refractivity contribution < 1.29 is 17.9 Å². The number of para-hydroxylation sites is 1. The first kappa shape index (κ1) is 19.4. The Morgan fingerprint density at radius 2 is 1.63 bits per heavy atom. The fraction of sp³-hybridized carbons (Fsp3) is 0.381. The highest BCUT2D eigenvalue weighted by molar-refractivity contribution is 7.93. The molecule has 0 spiro atoms. The van der Waals surface area contributed by atoms with Gasteiger partial charge in [-0.25, -0.2) is 13.2 Å². The van der Waals surface area contributed by atoms with Crippen molar-refractivity contribution in [3.05, 3.63) is 65.7 Å². The topological polar surface area (TPSA) is 63.7 Å². The first-order chi connectivity index (χ1) is 13.0. The molecular formula is C21H25NO4S. The third-order valence-electron chi connectivity index (χ3n) is 5.03. The number of methoxy groups -OCH3 is 1. The molecular weight excluding hydrogens is 362 g/mol. The zero-order valence-electron chi connectivity index (χ0n) is 15.5. The molecule has 0 amide bonds. The maximum Gasteiger partial charge on any atom is 0.337 e. The van der Waals surface area contributed by atoms with E-state index in [4.69, 9.17) is 4.74 Å². The number of hydrogen-bond donors (Lipinski definition) is 0. The van der Waals surface area contributed by atoms with Gasteiger partial charge in [-0.2, -0.15) is 0 Å². The van der Waals surface area contributed by atoms with Gasteiger partial charge in [-0.3, -0.25) is 4.31 Å². The van der Waals surface area contributed by atoms with Crippen molar-refractivity contribution in [3.63, 3.8) is 0 Å². The highest BCUT2D eigenvalue weighted by Gasteiger charge is 2.33. The smallest absolute Gasteiger partial charge is 0.337 e. The second-order valence-corrected chi connectivity index (χ2v) is 8.97. The number of rotatable bonds is 6. The minimum Gasteiger partial charge on any atom is -0.465 e. The van der Waals surface area contributed by atoms with Crippen LogP contribution in [0.3, 0.4) is 0 Å². The van der Waals surface area contributed by atoms with E-state index in [1.54, 1.807) is 24.3 Å². The maximum atomic E-state index is 13.4. The average molecular weight is 388 g/mol. The molecule has 0 aromatic heterocycles. The van der Waals surface area contributed by atoms with Crippen LogP contribution in [-0.4, -0.2) is 26.7 Å². The number of benzene rings is 2. The van der Waals surface area contributed by atoms with Crippen LogP contribution in [0.25, 0.3) is 0 Å². The Bertz CT molecular complexity index is 857. The zero-order valence-corrected chi connectivity index (χ0v) is 16.3. The molecule has 0 N–H and O–H groups in total. The van der Waals surface area contributed by atoms with Gasteiger partial charge in [0.05, 0.1) is 30.2 Å². The molecule has 27 heavy (non-hydrogen) atoms. The van der Waals surface area contributed by atoms with Crippen LogP contribution in [0.5, 0.6) is 0 Å². The third-order valence-corrected chi connectivity index (χ3v) is 7.29. The van der Waals surface area contributed by atoms with E-state index in [1.165, 1.54) is 11.4 Å². The Morgan fingerprint density at radius 1 is 1.00 bits per heavy atom. The lowest BCUT2D eigenvalue weighted by Crippen LogP contribution is -2.39. The van der Waals surface area contributed by atoms with Gasteiger partial charge in [-0.1, -0.05) is 49.6 Å². The number of sulfonamides is 1. The lowest BCUT2D eigenvalue weighted by molar-refractivity contribution is 0.0600. The number of esters is 1. The summed E-state index contributed by atoms with van der Waals surface area (Å²) in [5.74, 6) is -0.406. The highest BCUT2D eigenvalue weighted by atomic mass is 32.2. The monoisotopic (exact) mass is 387 g/mol. The number of anilines is 1. The van der Waals surface area contributed by atoms with Crippen molar-refractivity contribution in [1.29, 1.82) is 0 Å². The zero-order chi connectivity index (χ0) is 19.3. The van der Waals surface area contributed by atoms with Crippen LogP contribution in [0.15, 0.2) is 54.6 Å². The number of carbonyl (C=O) groups excluding carboxylic acids is 1. The molecule has 0 heterocycles. The Morgan fingerprint density at radius 3 is 2.22 bits per heavy atom. The van der Waals surface area contributed by atoms with Gasteiger partial charge in [0, 0.05) is 0 Å². The van der Waals surface area contributed by atoms with Crippen molar-refractivity contribution in [2.75, 3.05) is 11.4 Å². The fourth-order valence-electron chi connectivity index (χ4n) is 3.50. The van der Waals surface area contributed by atoms with E-state index in [-0.39, 0.29) is 11.8 Å². The molecule has 0 radical (unpaired) electrons. The summed E-state index contributed by atoms with van der Waals surface area (Å²) in [6, 6.07) is 16.1. The van der Waals surface area contributed by atoms with Crippen molar-refractivity contribution in [2.24, 2.45) is 0 Å². The Kier molecular flexibility index (Phi) is 6.16. The van der Waals surface area contributed by atoms with Crippen molar-refractivity contribution in [2.45, 2.75) is 43.9 Å². The normalized spacial score (nSPS) is 15.3. The second-order valence-electron chi connectivity index (χ2n) is 6.84. The second kappa shape index (κ2) is 8.57. The van der Waals surface area contributed by atoms with Crippen LogP contribution in [0.2, 0.25) is 0 Å². The molecule has 2 aromatic rings. The molecule has 0 unspecified atom stereocenters. The lowest BCUT2D eigenvalue weighted by atomic mass is 10.0. The summed E-state index contributed by atoms with van der Waals surface area (Å²) in [5.41, 5.74) is 1.94. The Labute approximate surface area is 161 Å². The number of ether oxygens (including phenoxy) is 1. The number of nitrogens with zero attached hydrogens (tertiary/aromatic N) is 1. The van der Waals surface area contributed by atoms with Crippen LogP contribution >= 0.6 is 0 Å². The summed E-state index contributed by atoms with van der Waals surface area (Å²) < 4.78 is 33.0. The van der Waals surface area contributed by atoms with Crippen molar-refractivity contribution in [3.8, 4) is 0 Å². The van der Waals surface area contributed by atoms with E-state index in [1.807, 2.05) is 30.3 Å². The van der Waals surface area contributed by atoms with Crippen molar-refractivity contribution >= 4 is 21.7 Å². The standard InChI is InChI=1S/C21H25NO4S/c1-26-21(23)18-14-12-17(13-15-18)16-22(19-8-4-2-5-9-19)27(24,25)20-10-6-3-7-11-20/h2,4-5,8-9,12-15,20H,3,6-7,10-11,16H2,1H3. The van der Waals surface area contributed by atoms with Gasteiger partial charge < -0.3 is 4.74 Å². The largest absolute Gasteiger partial charge is 0.465 e. The molecule has 6 heteroatoms. The van der Waals surface area contributed by atoms with Crippen molar-refractivity contribution in [1.82, 2.24) is 0 Å². The van der Waals surface area contributed by atoms with Crippen LogP contribution in [0, 0.1) is 0 Å². The van der Waals surface area contributed by atoms with Crippen LogP contribution < -0.4 is 4.31 Å². The molecule has 1 fully saturated rings. The predicted octanol–water partition coefficient (Wildman–Crippen LogP) is 4.14. The molecule has 1 aliphatic carbocycles. The minimum absolute atomic E-state index is 0.240. The summed E-state index contributed by atoms with van der Waals surface area (Å²) in [4.78, 5) is 11.6. The summed E-state index contributed by atoms with van der Waals surface area (Å²) in [6.45, 7) is 0.240. The average Bonchev–Trinajstić information content (AvgIpc) is 2.73. The first-order valence-electron chi connectivity index (χ1n) is 9.26. The molecule has 0 saturated heterocycles. The van der Waals surface area contributed by atoms with Gasteiger partial charge in [0.1, 0.15) is 0 Å². The van der Waals surface area contributed by atoms with Gasteiger partial charge in [0.2, 0.25) is 10.0 Å². The number of hydrogen-bond acceptors (Lipinski definition) is 4. The third kappa shape index (κ3) is 4.50. The van der Waals surface area contributed by atoms with E-state index in [0.29, 0.717) is 24.1 Å². The van der Waals surface area contributed by atoms with Gasteiger partial charge in [-0.05, 0) is 42.7 Å². The molecule has 0 atom stereocenters. The van der Waals surface area contributed by atoms with E-state index in [9.17, 15) is 13.2 Å². The lowest BCUT2D eigenvalue weighted by Gasteiger charge is -2.31. The maximum absolute atomic E-state index is 13.4. The summed E-state index contributed by atoms with van der Waals surface area (Å²) >= 11 is 0. The van der Waals surface area contributed by atoms with E-state index >= 15 is 0 Å². The van der Waals surface area contributed by atoms with E-state index in [2.05, 4.69) is 0 Å². The van der Waals surface area contributed by atoms with Gasteiger partial charge >= 0.3 is 5.97 Å². The summed E-state index contributed by atoms with van der Waals surface area (Å²) in [5, 5.41) is -0.333. The molecule has 0 aliphatic heterocycles. The summed E-state index contributed by atoms with van der Waals surface area (Å²) in [6.07, 6.45) is 4.45. The van der Waals surface area contributed by atoms with Gasteiger partial charge in [0.15, 0.2) is 0 Å². The molecule has 5 nitrogen and oxygen atoms in total. The molecule has 144 valence electrons. The molecule has 2 aromatic carbocycles. The molecule has 0 bridgehead atoms. The van der Waals surface area contributed by atoms with Gasteiger partial charge in [0.25, 0.3) is 0 Å². The molecule has 3 rings (SSSR count). The van der Waals surface area contributed by atoms with E-state index < -0.39 is 16.0 Å². The molecule has 1 saturated carbocycles. The van der Waals surface area contributed by atoms with Crippen LogP contribution in [0.1, 0.15) is 48.0 Å². The van der Waals surface area contributed by atoms with E-state index in [0.717, 1.165) is 24.8 Å². The Balaban J connectivity index is 1.90. The van der Waals surface area contributed by atoms with Gasteiger partial charge in [-0.15, -0.1) is 0 Å². The number of carbonyl (C=O) groups is 1. The minimum atomic E-state index is -3.46. The predicted molar refractivity (Wildman–Crippen MR) is 106 cm³/mol. The quantitative estimate of drug-likeness (QED) is 0.699. The highest BCUT2D eigenvalue weighted by Crippen LogP contribution is 2.30. The summed E-state index contributed by atoms with van der Waals surface area (Å²) in [7, 11) is -2.13. The Hall–Kier alpha value is -2.34. The van der Waals surface area contributed by atoms with Crippen LogP contribution in [0.4, 0.5) is 5.69 Å². The first-order valence-corrected chi connectivity index (χ1v) is 10.8. The fourth-order valence-corrected chi connectivity index (χ4v) is 5.53. The SMILES string of the molecule is COC(=O)c1ccc(CN(c2ccccc2)S(=O)(=O)C2CCCCC2)cc1. The molecule has 1 aliphatic rings. The van der Waals surface area contributed by atoms with Crippen LogP contribution in [-0.2, 0) is 21.3 Å².